The van der Waals surface area contributed by atoms with Crippen molar-refractivity contribution in [3.05, 3.63) is 24.0 Å². The summed E-state index contributed by atoms with van der Waals surface area (Å²) in [6, 6.07) is 3.54. The quantitative estimate of drug-likeness (QED) is 0.840. The number of hydrogen-bond donors (Lipinski definition) is 2. The highest BCUT2D eigenvalue weighted by Gasteiger charge is 2.26. The second-order valence-corrected chi connectivity index (χ2v) is 7.12. The minimum atomic E-state index is -3.81. The molecule has 1 aliphatic rings. The molecule has 0 saturated heterocycles. The molecule has 0 spiro atoms. The van der Waals surface area contributed by atoms with E-state index >= 15 is 0 Å². The first-order chi connectivity index (χ1) is 9.42. The molecule has 0 amide bonds. The molecule has 0 aliphatic heterocycles. The minimum Gasteiger partial charge on any atom is -0.399 e. The average molecular weight is 300 g/mol. The van der Waals surface area contributed by atoms with E-state index in [9.17, 15) is 12.8 Å². The Morgan fingerprint density at radius 1 is 1.30 bits per heavy atom. The molecule has 2 rings (SSSR count). The largest absolute Gasteiger partial charge is 0.399 e. The molecule has 3 N–H and O–H groups in total. The SMILES string of the molecule is CCC1CCC(NS(=O)(=O)c2ccc(N)cc2F)CC1. The van der Waals surface area contributed by atoms with Crippen LogP contribution in [-0.4, -0.2) is 14.5 Å². The fraction of sp³-hybridized carbons (Fsp3) is 0.571. The number of rotatable bonds is 4. The first kappa shape index (κ1) is 15.3. The lowest BCUT2D eigenvalue weighted by Gasteiger charge is -2.28. The number of nitrogens with two attached hydrogens (primary N) is 1. The minimum absolute atomic E-state index is 0.0975. The predicted molar refractivity (Wildman–Crippen MR) is 77.2 cm³/mol. The van der Waals surface area contributed by atoms with E-state index in [4.69, 9.17) is 5.73 Å². The Bertz CT molecular complexity index is 567. The van der Waals surface area contributed by atoms with Crippen LogP contribution in [0.25, 0.3) is 0 Å². The second-order valence-electron chi connectivity index (χ2n) is 5.44. The van der Waals surface area contributed by atoms with Gasteiger partial charge in [0.1, 0.15) is 10.7 Å². The van der Waals surface area contributed by atoms with Crippen LogP contribution in [0.5, 0.6) is 0 Å². The van der Waals surface area contributed by atoms with Gasteiger partial charge in [0.05, 0.1) is 0 Å². The first-order valence-electron chi connectivity index (χ1n) is 6.99. The van der Waals surface area contributed by atoms with Gasteiger partial charge < -0.3 is 5.73 Å². The highest BCUT2D eigenvalue weighted by molar-refractivity contribution is 7.89. The average Bonchev–Trinajstić information content (AvgIpc) is 2.38. The van der Waals surface area contributed by atoms with E-state index in [2.05, 4.69) is 11.6 Å². The summed E-state index contributed by atoms with van der Waals surface area (Å²) >= 11 is 0. The molecule has 1 aliphatic carbocycles. The molecule has 0 atom stereocenters. The van der Waals surface area contributed by atoms with Gasteiger partial charge in [0.15, 0.2) is 0 Å². The van der Waals surface area contributed by atoms with Crippen molar-refractivity contribution in [2.24, 2.45) is 5.92 Å². The van der Waals surface area contributed by atoms with Crippen molar-refractivity contribution >= 4 is 15.7 Å². The Hall–Kier alpha value is -1.14. The lowest BCUT2D eigenvalue weighted by Crippen LogP contribution is -2.37. The maximum atomic E-state index is 13.7. The van der Waals surface area contributed by atoms with Gasteiger partial charge in [-0.15, -0.1) is 0 Å². The van der Waals surface area contributed by atoms with Crippen LogP contribution < -0.4 is 10.5 Å². The van der Waals surface area contributed by atoms with Gasteiger partial charge in [-0.2, -0.15) is 0 Å². The lowest BCUT2D eigenvalue weighted by atomic mass is 9.85. The van der Waals surface area contributed by atoms with Gasteiger partial charge in [-0.25, -0.2) is 17.5 Å². The summed E-state index contributed by atoms with van der Waals surface area (Å²) in [7, 11) is -3.81. The third-order valence-electron chi connectivity index (χ3n) is 3.99. The van der Waals surface area contributed by atoms with Gasteiger partial charge in [-0.05, 0) is 49.8 Å². The molecule has 20 heavy (non-hydrogen) atoms. The van der Waals surface area contributed by atoms with Gasteiger partial charge in [0, 0.05) is 11.7 Å². The molecule has 1 aromatic carbocycles. The van der Waals surface area contributed by atoms with Crippen LogP contribution in [-0.2, 0) is 10.0 Å². The zero-order valence-electron chi connectivity index (χ0n) is 11.6. The highest BCUT2D eigenvalue weighted by atomic mass is 32.2. The van der Waals surface area contributed by atoms with Crippen molar-refractivity contribution in [2.45, 2.75) is 50.0 Å². The number of sulfonamides is 1. The van der Waals surface area contributed by atoms with Crippen LogP contribution >= 0.6 is 0 Å². The normalized spacial score (nSPS) is 23.7. The third-order valence-corrected chi connectivity index (χ3v) is 5.55. The van der Waals surface area contributed by atoms with Crippen LogP contribution in [0.4, 0.5) is 10.1 Å². The van der Waals surface area contributed by atoms with Gasteiger partial charge in [-0.1, -0.05) is 13.3 Å². The van der Waals surface area contributed by atoms with Crippen molar-refractivity contribution in [2.75, 3.05) is 5.73 Å². The topological polar surface area (TPSA) is 72.2 Å². The van der Waals surface area contributed by atoms with Gasteiger partial charge >= 0.3 is 0 Å². The van der Waals surface area contributed by atoms with Crippen molar-refractivity contribution in [1.29, 1.82) is 0 Å². The highest BCUT2D eigenvalue weighted by Crippen LogP contribution is 2.27. The number of nitrogen functional groups attached to an aromatic ring is 1. The Labute approximate surface area is 119 Å². The van der Waals surface area contributed by atoms with Crippen LogP contribution in [0.15, 0.2) is 23.1 Å². The lowest BCUT2D eigenvalue weighted by molar-refractivity contribution is 0.306. The molecular formula is C14H21FN2O2S. The van der Waals surface area contributed by atoms with E-state index in [0.717, 1.165) is 38.2 Å². The summed E-state index contributed by atoms with van der Waals surface area (Å²) in [5.41, 5.74) is 5.64. The van der Waals surface area contributed by atoms with Gasteiger partial charge in [0.25, 0.3) is 0 Å². The Morgan fingerprint density at radius 2 is 1.95 bits per heavy atom. The molecule has 0 aromatic heterocycles. The first-order valence-corrected chi connectivity index (χ1v) is 8.48. The Kier molecular flexibility index (Phi) is 4.65. The van der Waals surface area contributed by atoms with E-state index in [1.165, 1.54) is 12.1 Å². The fourth-order valence-electron chi connectivity index (χ4n) is 2.71. The maximum absolute atomic E-state index is 13.7. The molecule has 6 heteroatoms. The van der Waals surface area contributed by atoms with Crippen molar-refractivity contribution in [1.82, 2.24) is 4.72 Å². The van der Waals surface area contributed by atoms with Crippen LogP contribution in [0.2, 0.25) is 0 Å². The molecule has 1 aromatic rings. The molecule has 1 saturated carbocycles. The Morgan fingerprint density at radius 3 is 2.50 bits per heavy atom. The van der Waals surface area contributed by atoms with Crippen molar-refractivity contribution < 1.29 is 12.8 Å². The zero-order valence-corrected chi connectivity index (χ0v) is 12.4. The zero-order chi connectivity index (χ0) is 14.8. The standard InChI is InChI=1S/C14H21FN2O2S/c1-2-10-3-6-12(7-4-10)17-20(18,19)14-8-5-11(16)9-13(14)15/h5,8-10,12,17H,2-4,6-7,16H2,1H3. The number of hydrogen-bond acceptors (Lipinski definition) is 3. The van der Waals surface area contributed by atoms with Gasteiger partial charge in [-0.3, -0.25) is 0 Å². The second kappa shape index (κ2) is 6.10. The van der Waals surface area contributed by atoms with Crippen LogP contribution in [0.1, 0.15) is 39.0 Å². The van der Waals surface area contributed by atoms with E-state index in [0.29, 0.717) is 5.92 Å². The Balaban J connectivity index is 2.08. The summed E-state index contributed by atoms with van der Waals surface area (Å²) < 4.78 is 40.7. The van der Waals surface area contributed by atoms with Crippen LogP contribution in [0.3, 0.4) is 0 Å². The predicted octanol–water partition coefficient (Wildman–Crippen LogP) is 2.66. The fourth-order valence-corrected chi connectivity index (χ4v) is 4.07. The molecule has 112 valence electrons. The van der Waals surface area contributed by atoms with Crippen LogP contribution in [0, 0.1) is 11.7 Å². The number of anilines is 1. The van der Waals surface area contributed by atoms with Crippen molar-refractivity contribution in [3.8, 4) is 0 Å². The number of halogens is 1. The maximum Gasteiger partial charge on any atom is 0.243 e. The molecule has 0 radical (unpaired) electrons. The number of nitrogens with one attached hydrogen (secondary N) is 1. The smallest absolute Gasteiger partial charge is 0.243 e. The summed E-state index contributed by atoms with van der Waals surface area (Å²) in [4.78, 5) is -0.329. The molecule has 4 nitrogen and oxygen atoms in total. The third kappa shape index (κ3) is 3.49. The number of benzene rings is 1. The molecular weight excluding hydrogens is 279 g/mol. The van der Waals surface area contributed by atoms with Crippen molar-refractivity contribution in [3.63, 3.8) is 0 Å². The van der Waals surface area contributed by atoms with E-state index in [1.54, 1.807) is 0 Å². The van der Waals surface area contributed by atoms with E-state index in [-0.39, 0.29) is 16.6 Å². The van der Waals surface area contributed by atoms with E-state index in [1.807, 2.05) is 0 Å². The summed E-state index contributed by atoms with van der Waals surface area (Å²) in [5.74, 6) is -0.122. The molecule has 1 fully saturated rings. The molecule has 0 unspecified atom stereocenters. The molecule has 0 bridgehead atoms. The summed E-state index contributed by atoms with van der Waals surface area (Å²) in [6.45, 7) is 2.15. The monoisotopic (exact) mass is 300 g/mol. The summed E-state index contributed by atoms with van der Waals surface area (Å²) in [6.07, 6.45) is 4.80. The van der Waals surface area contributed by atoms with E-state index < -0.39 is 15.8 Å². The molecule has 0 heterocycles. The van der Waals surface area contributed by atoms with Gasteiger partial charge in [0.2, 0.25) is 10.0 Å². The summed E-state index contributed by atoms with van der Waals surface area (Å²) in [5, 5.41) is 0.